The quantitative estimate of drug-likeness (QED) is 0.458. The lowest BCUT2D eigenvalue weighted by Gasteiger charge is -2.23. The number of benzene rings is 2. The van der Waals surface area contributed by atoms with Gasteiger partial charge in [-0.15, -0.1) is 0 Å². The van der Waals surface area contributed by atoms with Gasteiger partial charge in [0.1, 0.15) is 22.5 Å². The minimum absolute atomic E-state index is 0.219. The molecule has 0 bridgehead atoms. The Morgan fingerprint density at radius 2 is 1.48 bits per heavy atom. The molecule has 154 valence electrons. The van der Waals surface area contributed by atoms with Crippen molar-refractivity contribution in [2.24, 2.45) is 0 Å². The van der Waals surface area contributed by atoms with Crippen LogP contribution in [0.5, 0.6) is 17.2 Å². The van der Waals surface area contributed by atoms with Gasteiger partial charge in [0, 0.05) is 17.7 Å². The first-order valence-corrected chi connectivity index (χ1v) is 16.4. The largest absolute Gasteiger partial charge is 0.544 e. The van der Waals surface area contributed by atoms with Gasteiger partial charge in [0.25, 0.3) is 0 Å². The number of ether oxygens (including phenoxy) is 1. The summed E-state index contributed by atoms with van der Waals surface area (Å²) in [6, 6.07) is 13.0. The van der Waals surface area contributed by atoms with Gasteiger partial charge in [-0.05, 0) is 39.3 Å². The lowest BCUT2D eigenvalue weighted by Crippen LogP contribution is -2.32. The van der Waals surface area contributed by atoms with Crippen molar-refractivity contribution in [3.8, 4) is 28.6 Å². The molecule has 0 fully saturated rings. The van der Waals surface area contributed by atoms with Gasteiger partial charge in [-0.1, -0.05) is 30.3 Å². The van der Waals surface area contributed by atoms with E-state index in [0.717, 1.165) is 5.56 Å². The zero-order chi connectivity index (χ0) is 21.4. The highest BCUT2D eigenvalue weighted by molar-refractivity contribution is 6.71. The Morgan fingerprint density at radius 1 is 0.862 bits per heavy atom. The first-order chi connectivity index (χ1) is 13.5. The fourth-order valence-corrected chi connectivity index (χ4v) is 4.57. The fraction of sp³-hybridized carbons (Fsp3) is 0.318. The van der Waals surface area contributed by atoms with E-state index < -0.39 is 16.6 Å². The lowest BCUT2D eigenvalue weighted by atomic mass is 10.1. The molecule has 7 heteroatoms. The first kappa shape index (κ1) is 21.2. The van der Waals surface area contributed by atoms with E-state index in [1.807, 2.05) is 50.0 Å². The third-order valence-electron chi connectivity index (χ3n) is 3.99. The third-order valence-corrected chi connectivity index (χ3v) is 5.64. The third kappa shape index (κ3) is 4.91. The Bertz CT molecular complexity index is 1080. The molecule has 2 aromatic carbocycles. The van der Waals surface area contributed by atoms with E-state index in [9.17, 15) is 4.79 Å². The summed E-state index contributed by atoms with van der Waals surface area (Å²) in [5.41, 5.74) is 0.989. The second kappa shape index (κ2) is 7.72. The number of hydrogen-bond donors (Lipinski definition) is 0. The van der Waals surface area contributed by atoms with Gasteiger partial charge in [-0.25, -0.2) is 0 Å². The van der Waals surface area contributed by atoms with Crippen molar-refractivity contribution < 1.29 is 18.0 Å². The molecule has 29 heavy (non-hydrogen) atoms. The standard InChI is InChI=1S/C22H28O5Si2/c1-24-16-13-17-19(18(14-16)26-28(2,3)4)20(23)22(27-29(5,6)7)21(25-17)15-11-9-8-10-12-15/h8-14H,1-7H3. The van der Waals surface area contributed by atoms with E-state index in [2.05, 4.69) is 19.6 Å². The Hall–Kier alpha value is -2.52. The normalized spacial score (nSPS) is 12.1. The number of rotatable bonds is 6. The molecule has 0 aliphatic rings. The van der Waals surface area contributed by atoms with Crippen LogP contribution in [0.2, 0.25) is 39.3 Å². The molecule has 0 aliphatic heterocycles. The summed E-state index contributed by atoms with van der Waals surface area (Å²) in [6.07, 6.45) is 0. The molecule has 0 radical (unpaired) electrons. The van der Waals surface area contributed by atoms with Gasteiger partial charge < -0.3 is 18.0 Å². The van der Waals surface area contributed by atoms with Crippen LogP contribution in [0.15, 0.2) is 51.7 Å². The van der Waals surface area contributed by atoms with Gasteiger partial charge in [0.05, 0.1) is 7.11 Å². The maximum Gasteiger partial charge on any atom is 0.242 e. The minimum atomic E-state index is -2.08. The number of methoxy groups -OCH3 is 1. The molecule has 3 aromatic rings. The Kier molecular flexibility index (Phi) is 5.64. The molecule has 0 N–H and O–H groups in total. The Labute approximate surface area is 173 Å². The van der Waals surface area contributed by atoms with E-state index in [1.54, 1.807) is 19.2 Å². The molecule has 1 aromatic heterocycles. The van der Waals surface area contributed by atoms with E-state index >= 15 is 0 Å². The monoisotopic (exact) mass is 428 g/mol. The first-order valence-electron chi connectivity index (χ1n) is 9.61. The Balaban J connectivity index is 2.39. The highest BCUT2D eigenvalue weighted by Gasteiger charge is 2.27. The van der Waals surface area contributed by atoms with Crippen LogP contribution >= 0.6 is 0 Å². The zero-order valence-corrected chi connectivity index (χ0v) is 20.1. The molecule has 0 aliphatic carbocycles. The molecule has 5 nitrogen and oxygen atoms in total. The van der Waals surface area contributed by atoms with Crippen LogP contribution in [0.1, 0.15) is 0 Å². The van der Waals surface area contributed by atoms with Crippen LogP contribution in [0.4, 0.5) is 0 Å². The summed E-state index contributed by atoms with van der Waals surface area (Å²) in [5, 5.41) is 0.390. The van der Waals surface area contributed by atoms with E-state index in [0.29, 0.717) is 28.2 Å². The van der Waals surface area contributed by atoms with Crippen molar-refractivity contribution in [2.45, 2.75) is 39.3 Å². The average molecular weight is 429 g/mol. The predicted octanol–water partition coefficient (Wildman–Crippen LogP) is 5.90. The summed E-state index contributed by atoms with van der Waals surface area (Å²) < 4.78 is 24.1. The van der Waals surface area contributed by atoms with Crippen LogP contribution in [0, 0.1) is 0 Å². The van der Waals surface area contributed by atoms with Gasteiger partial charge in [-0.3, -0.25) is 4.79 Å². The smallest absolute Gasteiger partial charge is 0.242 e. The van der Waals surface area contributed by atoms with Crippen LogP contribution < -0.4 is 19.0 Å². The highest BCUT2D eigenvalue weighted by Crippen LogP contribution is 2.37. The van der Waals surface area contributed by atoms with Crippen molar-refractivity contribution in [1.29, 1.82) is 0 Å². The van der Waals surface area contributed by atoms with Crippen LogP contribution in [-0.4, -0.2) is 23.7 Å². The molecule has 1 heterocycles. The molecule has 0 amide bonds. The van der Waals surface area contributed by atoms with Crippen LogP contribution in [0.3, 0.4) is 0 Å². The average Bonchev–Trinajstić information content (AvgIpc) is 2.61. The fourth-order valence-electron chi connectivity index (χ4n) is 2.95. The van der Waals surface area contributed by atoms with Crippen molar-refractivity contribution in [2.75, 3.05) is 7.11 Å². The van der Waals surface area contributed by atoms with E-state index in [1.165, 1.54) is 0 Å². The Morgan fingerprint density at radius 3 is 2.03 bits per heavy atom. The maximum absolute atomic E-state index is 13.6. The molecule has 0 spiro atoms. The number of fused-ring (bicyclic) bond motifs is 1. The SMILES string of the molecule is COc1cc(O[Si](C)(C)C)c2c(=O)c(O[Si](C)(C)C)c(-c3ccccc3)oc2c1. The summed E-state index contributed by atoms with van der Waals surface area (Å²) in [5.74, 6) is 1.73. The van der Waals surface area contributed by atoms with Gasteiger partial charge in [0.2, 0.25) is 22.1 Å². The van der Waals surface area contributed by atoms with Crippen molar-refractivity contribution in [1.82, 2.24) is 0 Å². The summed E-state index contributed by atoms with van der Waals surface area (Å²) in [7, 11) is -2.48. The zero-order valence-electron chi connectivity index (χ0n) is 18.1. The topological polar surface area (TPSA) is 57.9 Å². The van der Waals surface area contributed by atoms with Crippen molar-refractivity contribution in [3.63, 3.8) is 0 Å². The second-order valence-corrected chi connectivity index (χ2v) is 17.7. The summed E-state index contributed by atoms with van der Waals surface area (Å²) in [4.78, 5) is 13.6. The summed E-state index contributed by atoms with van der Waals surface area (Å²) in [6.45, 7) is 12.3. The molecule has 0 unspecified atom stereocenters. The van der Waals surface area contributed by atoms with E-state index in [4.69, 9.17) is 18.0 Å². The molecule has 0 atom stereocenters. The van der Waals surface area contributed by atoms with E-state index in [-0.39, 0.29) is 11.2 Å². The molecule has 3 rings (SSSR count). The molecule has 0 saturated carbocycles. The van der Waals surface area contributed by atoms with Gasteiger partial charge in [0.15, 0.2) is 11.5 Å². The van der Waals surface area contributed by atoms with Crippen LogP contribution in [-0.2, 0) is 0 Å². The predicted molar refractivity (Wildman–Crippen MR) is 122 cm³/mol. The lowest BCUT2D eigenvalue weighted by molar-refractivity contribution is 0.411. The van der Waals surface area contributed by atoms with Crippen molar-refractivity contribution >= 4 is 27.6 Å². The second-order valence-electron chi connectivity index (χ2n) is 8.88. The summed E-state index contributed by atoms with van der Waals surface area (Å²) >= 11 is 0. The molecule has 0 saturated heterocycles. The molecular formula is C22H28O5Si2. The number of hydrogen-bond acceptors (Lipinski definition) is 5. The molecular weight excluding hydrogens is 400 g/mol. The van der Waals surface area contributed by atoms with Crippen LogP contribution in [0.25, 0.3) is 22.3 Å². The minimum Gasteiger partial charge on any atom is -0.544 e. The van der Waals surface area contributed by atoms with Gasteiger partial charge in [-0.2, -0.15) is 0 Å². The van der Waals surface area contributed by atoms with Gasteiger partial charge >= 0.3 is 0 Å². The maximum atomic E-state index is 13.6. The van der Waals surface area contributed by atoms with Crippen molar-refractivity contribution in [3.05, 3.63) is 52.7 Å². The highest BCUT2D eigenvalue weighted by atomic mass is 28.4.